The number of benzene rings is 1. The van der Waals surface area contributed by atoms with Gasteiger partial charge in [-0.3, -0.25) is 14.4 Å². The topological polar surface area (TPSA) is 75.7 Å². The molecule has 1 aromatic rings. The second kappa shape index (κ2) is 7.89. The number of nitrogens with one attached hydrogen (secondary N) is 1. The van der Waals surface area contributed by atoms with Gasteiger partial charge in [-0.25, -0.2) is 0 Å². The first-order valence-corrected chi connectivity index (χ1v) is 9.34. The number of rotatable bonds is 4. The van der Waals surface area contributed by atoms with Gasteiger partial charge in [0.05, 0.1) is 5.92 Å². The van der Waals surface area contributed by atoms with E-state index in [4.69, 9.17) is 4.74 Å². The highest BCUT2D eigenvalue weighted by Crippen LogP contribution is 2.29. The summed E-state index contributed by atoms with van der Waals surface area (Å²) in [6.07, 6.45) is 1.83. The maximum atomic E-state index is 13.2. The number of hydrogen-bond acceptors (Lipinski definition) is 4. The number of carbonyl (C=O) groups is 3. The van der Waals surface area contributed by atoms with Gasteiger partial charge in [0.1, 0.15) is 0 Å². The summed E-state index contributed by atoms with van der Waals surface area (Å²) in [5.74, 6) is -1.12. The molecule has 0 spiro atoms. The minimum absolute atomic E-state index is 0.0459. The van der Waals surface area contributed by atoms with E-state index < -0.39 is 12.1 Å². The number of piperidine rings is 1. The number of esters is 1. The van der Waals surface area contributed by atoms with Crippen molar-refractivity contribution in [3.63, 3.8) is 0 Å². The molecule has 0 unspecified atom stereocenters. The van der Waals surface area contributed by atoms with Crippen molar-refractivity contribution in [2.45, 2.75) is 45.6 Å². The Labute approximate surface area is 153 Å². The van der Waals surface area contributed by atoms with Gasteiger partial charge in [-0.1, -0.05) is 32.0 Å². The Balaban J connectivity index is 1.73. The second-order valence-corrected chi connectivity index (χ2v) is 7.36. The smallest absolute Gasteiger partial charge is 0.311 e. The Morgan fingerprint density at radius 1 is 1.23 bits per heavy atom. The van der Waals surface area contributed by atoms with Crippen LogP contribution in [0.15, 0.2) is 24.3 Å². The molecule has 1 aromatic carbocycles. The highest BCUT2D eigenvalue weighted by atomic mass is 16.5. The fourth-order valence-electron chi connectivity index (χ4n) is 3.54. The molecule has 1 saturated heterocycles. The molecule has 2 amide bonds. The fraction of sp³-hybridized carbons (Fsp3) is 0.550. The monoisotopic (exact) mass is 358 g/mol. The lowest BCUT2D eigenvalue weighted by Crippen LogP contribution is -2.48. The lowest BCUT2D eigenvalue weighted by atomic mass is 9.97. The molecule has 2 aliphatic heterocycles. The molecule has 0 aromatic heterocycles. The van der Waals surface area contributed by atoms with Crippen molar-refractivity contribution in [3.8, 4) is 0 Å². The van der Waals surface area contributed by atoms with Crippen LogP contribution < -0.4 is 10.2 Å². The predicted molar refractivity (Wildman–Crippen MR) is 97.6 cm³/mol. The van der Waals surface area contributed by atoms with Crippen LogP contribution in [0.5, 0.6) is 0 Å². The SMILES string of the molecule is CC(C)[C@H](OC(=O)[C@@H]1CCC(=O)NC1)C(=O)N1CCCc2ccccc21. The summed E-state index contributed by atoms with van der Waals surface area (Å²) in [5.41, 5.74) is 2.06. The maximum Gasteiger partial charge on any atom is 0.311 e. The van der Waals surface area contributed by atoms with Crippen LogP contribution in [0, 0.1) is 11.8 Å². The summed E-state index contributed by atoms with van der Waals surface area (Å²) < 4.78 is 5.64. The van der Waals surface area contributed by atoms with Crippen LogP contribution in [0.3, 0.4) is 0 Å². The molecule has 26 heavy (non-hydrogen) atoms. The number of anilines is 1. The number of nitrogens with zero attached hydrogens (tertiary/aromatic N) is 1. The van der Waals surface area contributed by atoms with Gasteiger partial charge in [0, 0.05) is 25.2 Å². The van der Waals surface area contributed by atoms with Gasteiger partial charge < -0.3 is 15.0 Å². The minimum atomic E-state index is -0.814. The normalized spacial score (nSPS) is 21.0. The number of hydrogen-bond donors (Lipinski definition) is 1. The molecule has 0 aliphatic carbocycles. The maximum absolute atomic E-state index is 13.2. The number of carbonyl (C=O) groups excluding carboxylic acids is 3. The van der Waals surface area contributed by atoms with Crippen molar-refractivity contribution >= 4 is 23.5 Å². The number of aryl methyl sites for hydroxylation is 1. The van der Waals surface area contributed by atoms with Crippen LogP contribution in [-0.4, -0.2) is 37.0 Å². The van der Waals surface area contributed by atoms with Gasteiger partial charge in [-0.05, 0) is 36.8 Å². The van der Waals surface area contributed by atoms with E-state index in [0.717, 1.165) is 24.1 Å². The Kier molecular flexibility index (Phi) is 5.59. The Bertz CT molecular complexity index is 691. The van der Waals surface area contributed by atoms with Crippen molar-refractivity contribution < 1.29 is 19.1 Å². The summed E-state index contributed by atoms with van der Waals surface area (Å²) >= 11 is 0. The van der Waals surface area contributed by atoms with Gasteiger partial charge >= 0.3 is 5.97 Å². The molecule has 2 atom stereocenters. The first-order chi connectivity index (χ1) is 12.5. The zero-order chi connectivity index (χ0) is 18.7. The van der Waals surface area contributed by atoms with E-state index in [0.29, 0.717) is 19.4 Å². The Morgan fingerprint density at radius 2 is 2.00 bits per heavy atom. The number of para-hydroxylation sites is 1. The van der Waals surface area contributed by atoms with Gasteiger partial charge in [0.15, 0.2) is 6.10 Å². The van der Waals surface area contributed by atoms with Gasteiger partial charge in [0.25, 0.3) is 5.91 Å². The Morgan fingerprint density at radius 3 is 2.69 bits per heavy atom. The second-order valence-electron chi connectivity index (χ2n) is 7.36. The number of amides is 2. The summed E-state index contributed by atoms with van der Waals surface area (Å²) in [4.78, 5) is 38.7. The van der Waals surface area contributed by atoms with Gasteiger partial charge in [0.2, 0.25) is 5.91 Å². The largest absolute Gasteiger partial charge is 0.452 e. The van der Waals surface area contributed by atoms with Crippen LogP contribution in [0.25, 0.3) is 0 Å². The van der Waals surface area contributed by atoms with Crippen molar-refractivity contribution in [3.05, 3.63) is 29.8 Å². The summed E-state index contributed by atoms with van der Waals surface area (Å²) in [6, 6.07) is 7.88. The molecule has 140 valence electrons. The highest BCUT2D eigenvalue weighted by molar-refractivity contribution is 5.99. The summed E-state index contributed by atoms with van der Waals surface area (Å²) in [6.45, 7) is 4.68. The molecular formula is C20H26N2O4. The molecule has 0 saturated carbocycles. The molecular weight excluding hydrogens is 332 g/mol. The fourth-order valence-corrected chi connectivity index (χ4v) is 3.54. The average molecular weight is 358 g/mol. The number of ether oxygens (including phenoxy) is 1. The molecule has 0 radical (unpaired) electrons. The zero-order valence-electron chi connectivity index (χ0n) is 15.4. The van der Waals surface area contributed by atoms with Crippen LogP contribution in [0.4, 0.5) is 5.69 Å². The molecule has 3 rings (SSSR count). The van der Waals surface area contributed by atoms with E-state index in [1.54, 1.807) is 4.90 Å². The Hall–Kier alpha value is -2.37. The average Bonchev–Trinajstić information content (AvgIpc) is 2.65. The predicted octanol–water partition coefficient (Wildman–Crippen LogP) is 2.06. The molecule has 2 aliphatic rings. The highest BCUT2D eigenvalue weighted by Gasteiger charge is 2.35. The molecule has 1 N–H and O–H groups in total. The van der Waals surface area contributed by atoms with Gasteiger partial charge in [-0.2, -0.15) is 0 Å². The van der Waals surface area contributed by atoms with E-state index in [1.807, 2.05) is 38.1 Å². The van der Waals surface area contributed by atoms with Crippen LogP contribution in [-0.2, 0) is 25.5 Å². The van der Waals surface area contributed by atoms with Crippen molar-refractivity contribution in [2.75, 3.05) is 18.0 Å². The van der Waals surface area contributed by atoms with E-state index in [-0.39, 0.29) is 30.2 Å². The van der Waals surface area contributed by atoms with Crippen molar-refractivity contribution in [2.24, 2.45) is 11.8 Å². The third-order valence-corrected chi connectivity index (χ3v) is 5.07. The standard InChI is InChI=1S/C20H26N2O4/c1-13(2)18(26-20(25)15-9-10-17(23)21-12-15)19(24)22-11-5-7-14-6-3-4-8-16(14)22/h3-4,6,8,13,15,18H,5,7,9-12H2,1-2H3,(H,21,23)/t15-,18+/m1/s1. The summed E-state index contributed by atoms with van der Waals surface area (Å²) in [5, 5.41) is 2.69. The molecule has 2 heterocycles. The zero-order valence-corrected chi connectivity index (χ0v) is 15.4. The summed E-state index contributed by atoms with van der Waals surface area (Å²) in [7, 11) is 0. The van der Waals surface area contributed by atoms with E-state index >= 15 is 0 Å². The van der Waals surface area contributed by atoms with Crippen molar-refractivity contribution in [1.82, 2.24) is 5.32 Å². The van der Waals surface area contributed by atoms with E-state index in [9.17, 15) is 14.4 Å². The quantitative estimate of drug-likeness (QED) is 0.836. The third kappa shape index (κ3) is 3.89. The van der Waals surface area contributed by atoms with E-state index in [1.165, 1.54) is 0 Å². The molecule has 1 fully saturated rings. The lowest BCUT2D eigenvalue weighted by Gasteiger charge is -2.34. The van der Waals surface area contributed by atoms with E-state index in [2.05, 4.69) is 5.32 Å². The first kappa shape index (κ1) is 18.4. The molecule has 6 heteroatoms. The first-order valence-electron chi connectivity index (χ1n) is 9.34. The van der Waals surface area contributed by atoms with Crippen LogP contribution in [0.2, 0.25) is 0 Å². The molecule has 0 bridgehead atoms. The molecule has 6 nitrogen and oxygen atoms in total. The van der Waals surface area contributed by atoms with Gasteiger partial charge in [-0.15, -0.1) is 0 Å². The van der Waals surface area contributed by atoms with Crippen molar-refractivity contribution in [1.29, 1.82) is 0 Å². The lowest BCUT2D eigenvalue weighted by molar-refractivity contribution is -0.162. The third-order valence-electron chi connectivity index (χ3n) is 5.07. The minimum Gasteiger partial charge on any atom is -0.452 e. The van der Waals surface area contributed by atoms with Crippen LogP contribution in [0.1, 0.15) is 38.7 Å². The number of fused-ring (bicyclic) bond motifs is 1. The van der Waals surface area contributed by atoms with Crippen LogP contribution >= 0.6 is 0 Å².